The van der Waals surface area contributed by atoms with Crippen LogP contribution in [0, 0.1) is 5.41 Å². The Kier molecular flexibility index (Phi) is 9.37. The number of hydrogen-bond donors (Lipinski definition) is 4. The highest BCUT2D eigenvalue weighted by atomic mass is 16.5. The third-order valence-corrected chi connectivity index (χ3v) is 4.98. The molecule has 1 aromatic rings. The van der Waals surface area contributed by atoms with Crippen LogP contribution in [0.25, 0.3) is 0 Å². The smallest absolute Gasteiger partial charge is 0.250 e. The monoisotopic (exact) mass is 445 g/mol. The first-order chi connectivity index (χ1) is 15.1. The Balaban J connectivity index is 2.16. The predicted molar refractivity (Wildman–Crippen MR) is 126 cm³/mol. The lowest BCUT2D eigenvalue weighted by atomic mass is 9.73. The second-order valence-electron chi connectivity index (χ2n) is 8.59. The van der Waals surface area contributed by atoms with Crippen LogP contribution < -0.4 is 22.5 Å². The maximum absolute atomic E-state index is 12.6. The molecule has 0 saturated heterocycles. The molecule has 1 aliphatic rings. The molecule has 1 saturated carbocycles. The summed E-state index contributed by atoms with van der Waals surface area (Å²) < 4.78 is 10.8. The quantitative estimate of drug-likeness (QED) is 0.299. The van der Waals surface area contributed by atoms with E-state index < -0.39 is 5.91 Å². The summed E-state index contributed by atoms with van der Waals surface area (Å²) in [5.74, 6) is -0.546. The van der Waals surface area contributed by atoms with Gasteiger partial charge in [0.25, 0.3) is 5.91 Å². The number of anilines is 1. The number of carbonyl (C=O) groups excluding carboxylic acids is 2. The summed E-state index contributed by atoms with van der Waals surface area (Å²) in [6.07, 6.45) is 1.06. The van der Waals surface area contributed by atoms with Gasteiger partial charge in [-0.05, 0) is 37.0 Å². The standard InChI is InChI=1S/C23H35N5O4/c1-15(25)21-19(13-23(2,3)14-20(21)29)28-16-4-5-17(22(26)30)18(12-16)27-7-9-32-11-10-31-8-6-24/h4-5,12,27H,6-11,13-14,24-25H2,1-3H3,(H2,26,30). The van der Waals surface area contributed by atoms with Crippen LogP contribution in [0.4, 0.5) is 11.4 Å². The van der Waals surface area contributed by atoms with Crippen molar-refractivity contribution in [3.8, 4) is 0 Å². The van der Waals surface area contributed by atoms with Crippen LogP contribution in [0.2, 0.25) is 0 Å². The third kappa shape index (κ3) is 7.44. The zero-order chi connectivity index (χ0) is 23.7. The molecule has 0 aromatic heterocycles. The molecule has 0 bridgehead atoms. The fourth-order valence-electron chi connectivity index (χ4n) is 3.61. The molecule has 1 fully saturated rings. The Labute approximate surface area is 189 Å². The number of nitrogens with zero attached hydrogens (tertiary/aromatic N) is 1. The van der Waals surface area contributed by atoms with Crippen molar-refractivity contribution < 1.29 is 19.1 Å². The van der Waals surface area contributed by atoms with E-state index in [4.69, 9.17) is 31.7 Å². The van der Waals surface area contributed by atoms with Gasteiger partial charge in [0, 0.05) is 30.9 Å². The summed E-state index contributed by atoms with van der Waals surface area (Å²) in [6, 6.07) is 5.08. The van der Waals surface area contributed by atoms with E-state index in [1.807, 2.05) is 13.8 Å². The number of nitrogens with one attached hydrogen (secondary N) is 1. The summed E-state index contributed by atoms with van der Waals surface area (Å²) in [7, 11) is 0. The van der Waals surface area contributed by atoms with E-state index >= 15 is 0 Å². The van der Waals surface area contributed by atoms with Gasteiger partial charge in [0.1, 0.15) is 0 Å². The highest BCUT2D eigenvalue weighted by Gasteiger charge is 2.35. The molecule has 9 nitrogen and oxygen atoms in total. The second kappa shape index (κ2) is 11.8. The molecule has 7 N–H and O–H groups in total. The Bertz CT molecular complexity index is 888. The minimum atomic E-state index is -0.546. The van der Waals surface area contributed by atoms with Crippen LogP contribution in [-0.2, 0) is 14.3 Å². The van der Waals surface area contributed by atoms with Crippen LogP contribution in [0.1, 0.15) is 44.0 Å². The van der Waals surface area contributed by atoms with E-state index in [1.165, 1.54) is 0 Å². The molecule has 1 aliphatic carbocycles. The number of carbonyl (C=O) groups is 2. The molecule has 2 rings (SSSR count). The number of ketones is 1. The van der Waals surface area contributed by atoms with Gasteiger partial charge in [-0.2, -0.15) is 0 Å². The topological polar surface area (TPSA) is 155 Å². The molecular weight excluding hydrogens is 410 g/mol. The number of allylic oxidation sites excluding steroid dienone is 2. The number of Topliss-reactive ketones (excluding diaryl/α,β-unsaturated/α-hetero) is 1. The van der Waals surface area contributed by atoms with Gasteiger partial charge < -0.3 is 32.0 Å². The number of amides is 1. The van der Waals surface area contributed by atoms with Crippen LogP contribution in [0.5, 0.6) is 0 Å². The molecule has 0 aliphatic heterocycles. The van der Waals surface area contributed by atoms with Gasteiger partial charge in [-0.3, -0.25) is 14.6 Å². The van der Waals surface area contributed by atoms with Crippen molar-refractivity contribution in [1.29, 1.82) is 0 Å². The number of nitrogens with two attached hydrogens (primary N) is 3. The summed E-state index contributed by atoms with van der Waals surface area (Å²) in [5.41, 5.74) is 19.8. The van der Waals surface area contributed by atoms with Gasteiger partial charge in [0.2, 0.25) is 0 Å². The number of hydrogen-bond acceptors (Lipinski definition) is 8. The lowest BCUT2D eigenvalue weighted by molar-refractivity contribution is -0.117. The molecule has 176 valence electrons. The molecule has 9 heteroatoms. The molecule has 0 spiro atoms. The Morgan fingerprint density at radius 1 is 1.12 bits per heavy atom. The fourth-order valence-corrected chi connectivity index (χ4v) is 3.61. The maximum atomic E-state index is 12.6. The third-order valence-electron chi connectivity index (χ3n) is 4.98. The molecule has 32 heavy (non-hydrogen) atoms. The first-order valence-corrected chi connectivity index (χ1v) is 10.8. The predicted octanol–water partition coefficient (Wildman–Crippen LogP) is 1.88. The van der Waals surface area contributed by atoms with E-state index in [-0.39, 0.29) is 11.2 Å². The van der Waals surface area contributed by atoms with Gasteiger partial charge in [0.05, 0.1) is 49.0 Å². The average Bonchev–Trinajstić information content (AvgIpc) is 2.68. The lowest BCUT2D eigenvalue weighted by Crippen LogP contribution is -2.33. The first-order valence-electron chi connectivity index (χ1n) is 10.8. The summed E-state index contributed by atoms with van der Waals surface area (Å²) in [5, 5.41) is 3.17. The van der Waals surface area contributed by atoms with Crippen molar-refractivity contribution in [3.63, 3.8) is 0 Å². The number of aliphatic imine (C=N–C) groups is 1. The number of ether oxygens (including phenoxy) is 2. The highest BCUT2D eigenvalue weighted by molar-refractivity contribution is 6.25. The summed E-state index contributed by atoms with van der Waals surface area (Å²) >= 11 is 0. The van der Waals surface area contributed by atoms with E-state index in [2.05, 4.69) is 5.32 Å². The van der Waals surface area contributed by atoms with E-state index in [9.17, 15) is 9.59 Å². The van der Waals surface area contributed by atoms with Crippen LogP contribution in [-0.4, -0.2) is 56.9 Å². The molecular formula is C23H35N5O4. The van der Waals surface area contributed by atoms with Gasteiger partial charge in [-0.1, -0.05) is 13.8 Å². The van der Waals surface area contributed by atoms with Crippen molar-refractivity contribution in [2.45, 2.75) is 33.6 Å². The molecule has 0 radical (unpaired) electrons. The minimum Gasteiger partial charge on any atom is -0.402 e. The molecule has 0 unspecified atom stereocenters. The van der Waals surface area contributed by atoms with Crippen LogP contribution in [0.3, 0.4) is 0 Å². The SMILES string of the molecule is CC(N)=C1C(=O)CC(C)(C)CC1=Nc1ccc(C(N)=O)c(NCCOCCOCCN)c1. The maximum Gasteiger partial charge on any atom is 0.250 e. The molecule has 0 heterocycles. The normalized spacial score (nSPS) is 18.6. The van der Waals surface area contributed by atoms with Crippen LogP contribution >= 0.6 is 0 Å². The van der Waals surface area contributed by atoms with Crippen molar-refractivity contribution in [2.75, 3.05) is 44.8 Å². The minimum absolute atomic E-state index is 0.000282. The fraction of sp³-hybridized carbons (Fsp3) is 0.522. The van der Waals surface area contributed by atoms with Gasteiger partial charge in [-0.15, -0.1) is 0 Å². The zero-order valence-corrected chi connectivity index (χ0v) is 19.2. The molecule has 0 atom stereocenters. The molecule has 1 aromatic carbocycles. The lowest BCUT2D eigenvalue weighted by Gasteiger charge is -2.31. The van der Waals surface area contributed by atoms with E-state index in [0.717, 1.165) is 0 Å². The van der Waals surface area contributed by atoms with Gasteiger partial charge in [-0.25, -0.2) is 0 Å². The largest absolute Gasteiger partial charge is 0.402 e. The van der Waals surface area contributed by atoms with Gasteiger partial charge >= 0.3 is 0 Å². The highest BCUT2D eigenvalue weighted by Crippen LogP contribution is 2.36. The number of rotatable bonds is 11. The van der Waals surface area contributed by atoms with E-state index in [1.54, 1.807) is 25.1 Å². The zero-order valence-electron chi connectivity index (χ0n) is 19.2. The Hall–Kier alpha value is -2.75. The number of benzene rings is 1. The van der Waals surface area contributed by atoms with Crippen molar-refractivity contribution in [3.05, 3.63) is 35.0 Å². The summed E-state index contributed by atoms with van der Waals surface area (Å²) in [6.45, 7) is 8.58. The van der Waals surface area contributed by atoms with Gasteiger partial charge in [0.15, 0.2) is 5.78 Å². The number of primary amides is 1. The van der Waals surface area contributed by atoms with Crippen molar-refractivity contribution >= 4 is 28.8 Å². The molecule has 1 amide bonds. The van der Waals surface area contributed by atoms with E-state index in [0.29, 0.717) is 86.3 Å². The Morgan fingerprint density at radius 3 is 2.44 bits per heavy atom. The van der Waals surface area contributed by atoms with Crippen LogP contribution in [0.15, 0.2) is 34.5 Å². The summed E-state index contributed by atoms with van der Waals surface area (Å²) in [4.78, 5) is 29.2. The Morgan fingerprint density at radius 2 is 1.81 bits per heavy atom. The first kappa shape index (κ1) is 25.5. The van der Waals surface area contributed by atoms with Crippen molar-refractivity contribution in [1.82, 2.24) is 0 Å². The second-order valence-corrected chi connectivity index (χ2v) is 8.59. The van der Waals surface area contributed by atoms with Crippen molar-refractivity contribution in [2.24, 2.45) is 27.6 Å². The average molecular weight is 446 g/mol.